The predicted octanol–water partition coefficient (Wildman–Crippen LogP) is 3.55. The maximum atomic E-state index is 6.14. The zero-order valence-electron chi connectivity index (χ0n) is 10.6. The van der Waals surface area contributed by atoms with Crippen LogP contribution in [0.25, 0.3) is 11.1 Å². The van der Waals surface area contributed by atoms with Crippen molar-refractivity contribution in [1.29, 1.82) is 0 Å². The number of hydrogen-bond donors (Lipinski definition) is 1. The Morgan fingerprint density at radius 1 is 1.11 bits per heavy atom. The number of hydrogen-bond acceptors (Lipinski definition) is 2. The highest BCUT2D eigenvalue weighted by molar-refractivity contribution is 6.30. The molecule has 1 heterocycles. The van der Waals surface area contributed by atoms with Crippen LogP contribution in [0.1, 0.15) is 5.56 Å². The summed E-state index contributed by atoms with van der Waals surface area (Å²) in [6.07, 6.45) is 0.835. The van der Waals surface area contributed by atoms with Gasteiger partial charge in [-0.2, -0.15) is 0 Å². The molecule has 1 N–H and O–H groups in total. The molecule has 1 aliphatic heterocycles. The second kappa shape index (κ2) is 5.45. The molecule has 96 valence electrons. The molecular weight excluding hydrogens is 256 g/mol. The molecule has 0 aliphatic carbocycles. The molecule has 0 saturated heterocycles. The lowest BCUT2D eigenvalue weighted by atomic mass is 9.97. The molecule has 2 aromatic rings. The maximum Gasteiger partial charge on any atom is 0.101 e. The minimum absolute atomic E-state index is 0.768. The number of aliphatic imine (C=N–C) groups is 1. The first-order valence-corrected chi connectivity index (χ1v) is 6.82. The Labute approximate surface area is 118 Å². The fourth-order valence-electron chi connectivity index (χ4n) is 2.34. The number of nitrogens with one attached hydrogen (secondary N) is 1. The van der Waals surface area contributed by atoms with Gasteiger partial charge in [0.05, 0.1) is 6.54 Å². The third kappa shape index (κ3) is 2.79. The molecule has 2 nitrogen and oxygen atoms in total. The van der Waals surface area contributed by atoms with Gasteiger partial charge in [-0.1, -0.05) is 48.0 Å². The summed E-state index contributed by atoms with van der Waals surface area (Å²) in [5.41, 5.74) is 3.63. The van der Waals surface area contributed by atoms with Crippen LogP contribution in [0.2, 0.25) is 5.02 Å². The summed E-state index contributed by atoms with van der Waals surface area (Å²) in [5, 5.41) is 4.08. The van der Waals surface area contributed by atoms with Gasteiger partial charge in [-0.25, -0.2) is 0 Å². The first-order chi connectivity index (χ1) is 9.33. The topological polar surface area (TPSA) is 24.4 Å². The van der Waals surface area contributed by atoms with Crippen molar-refractivity contribution in [3.8, 4) is 11.1 Å². The SMILES string of the molecule is Clc1ccc(CC2=NCCN2)c(-c2ccccc2)c1. The van der Waals surface area contributed by atoms with Crippen LogP contribution in [0.15, 0.2) is 53.5 Å². The largest absolute Gasteiger partial charge is 0.372 e. The van der Waals surface area contributed by atoms with E-state index in [0.29, 0.717) is 0 Å². The normalized spacial score (nSPS) is 14.1. The van der Waals surface area contributed by atoms with E-state index in [4.69, 9.17) is 11.6 Å². The highest BCUT2D eigenvalue weighted by atomic mass is 35.5. The van der Waals surface area contributed by atoms with Crippen LogP contribution in [-0.2, 0) is 6.42 Å². The monoisotopic (exact) mass is 270 g/mol. The lowest BCUT2D eigenvalue weighted by Gasteiger charge is -2.11. The molecule has 3 heteroatoms. The molecule has 0 spiro atoms. The molecular formula is C16H15ClN2. The van der Waals surface area contributed by atoms with Crippen molar-refractivity contribution in [3.05, 3.63) is 59.1 Å². The molecule has 1 aliphatic rings. The average Bonchev–Trinajstić information content (AvgIpc) is 2.95. The minimum Gasteiger partial charge on any atom is -0.372 e. The summed E-state index contributed by atoms with van der Waals surface area (Å²) >= 11 is 6.14. The van der Waals surface area contributed by atoms with Crippen molar-refractivity contribution in [3.63, 3.8) is 0 Å². The molecule has 0 aromatic heterocycles. The number of nitrogens with zero attached hydrogens (tertiary/aromatic N) is 1. The molecule has 2 aromatic carbocycles. The lowest BCUT2D eigenvalue weighted by molar-refractivity contribution is 0.953. The molecule has 0 unspecified atom stereocenters. The third-order valence-corrected chi connectivity index (χ3v) is 3.49. The molecule has 0 saturated carbocycles. The molecule has 0 atom stereocenters. The Kier molecular flexibility index (Phi) is 3.51. The fourth-order valence-corrected chi connectivity index (χ4v) is 2.51. The summed E-state index contributed by atoms with van der Waals surface area (Å²) in [6.45, 7) is 1.83. The van der Waals surface area contributed by atoms with Crippen molar-refractivity contribution < 1.29 is 0 Å². The van der Waals surface area contributed by atoms with E-state index < -0.39 is 0 Å². The van der Waals surface area contributed by atoms with E-state index in [-0.39, 0.29) is 0 Å². The van der Waals surface area contributed by atoms with Crippen LogP contribution in [-0.4, -0.2) is 18.9 Å². The van der Waals surface area contributed by atoms with Crippen LogP contribution < -0.4 is 5.32 Å². The van der Waals surface area contributed by atoms with E-state index in [1.807, 2.05) is 30.3 Å². The molecule has 0 bridgehead atoms. The zero-order valence-corrected chi connectivity index (χ0v) is 11.3. The summed E-state index contributed by atoms with van der Waals surface area (Å²) in [7, 11) is 0. The van der Waals surface area contributed by atoms with Gasteiger partial charge < -0.3 is 5.32 Å². The number of benzene rings is 2. The molecule has 0 amide bonds. The Balaban J connectivity index is 1.99. The molecule has 19 heavy (non-hydrogen) atoms. The highest BCUT2D eigenvalue weighted by Crippen LogP contribution is 2.27. The average molecular weight is 271 g/mol. The highest BCUT2D eigenvalue weighted by Gasteiger charge is 2.11. The summed E-state index contributed by atoms with van der Waals surface area (Å²) < 4.78 is 0. The van der Waals surface area contributed by atoms with Gasteiger partial charge >= 0.3 is 0 Å². The second-order valence-corrected chi connectivity index (χ2v) is 5.04. The van der Waals surface area contributed by atoms with Gasteiger partial charge in [-0.15, -0.1) is 0 Å². The van der Waals surface area contributed by atoms with Crippen LogP contribution >= 0.6 is 11.6 Å². The van der Waals surface area contributed by atoms with Gasteiger partial charge in [-0.3, -0.25) is 4.99 Å². The van der Waals surface area contributed by atoms with Crippen molar-refractivity contribution in [1.82, 2.24) is 5.32 Å². The van der Waals surface area contributed by atoms with Gasteiger partial charge in [-0.05, 0) is 28.8 Å². The van der Waals surface area contributed by atoms with Gasteiger partial charge in [0.2, 0.25) is 0 Å². The van der Waals surface area contributed by atoms with Crippen molar-refractivity contribution in [2.45, 2.75) is 6.42 Å². The van der Waals surface area contributed by atoms with E-state index in [0.717, 1.165) is 30.4 Å². The lowest BCUT2D eigenvalue weighted by Crippen LogP contribution is -2.20. The Morgan fingerprint density at radius 3 is 2.68 bits per heavy atom. The van der Waals surface area contributed by atoms with Crippen LogP contribution in [0, 0.1) is 0 Å². The van der Waals surface area contributed by atoms with Crippen LogP contribution in [0.5, 0.6) is 0 Å². The number of rotatable bonds is 3. The van der Waals surface area contributed by atoms with Crippen LogP contribution in [0.4, 0.5) is 0 Å². The Bertz CT molecular complexity index is 605. The summed E-state index contributed by atoms with van der Waals surface area (Å²) in [4.78, 5) is 4.46. The fraction of sp³-hybridized carbons (Fsp3) is 0.188. The van der Waals surface area contributed by atoms with Gasteiger partial charge in [0.15, 0.2) is 0 Å². The molecule has 0 radical (unpaired) electrons. The zero-order chi connectivity index (χ0) is 13.1. The summed E-state index contributed by atoms with van der Waals surface area (Å²) in [5.74, 6) is 1.07. The number of amidine groups is 1. The Hall–Kier alpha value is -1.80. The predicted molar refractivity (Wildman–Crippen MR) is 80.9 cm³/mol. The van der Waals surface area contributed by atoms with E-state index >= 15 is 0 Å². The first-order valence-electron chi connectivity index (χ1n) is 6.44. The first kappa shape index (κ1) is 12.2. The minimum atomic E-state index is 0.768. The third-order valence-electron chi connectivity index (χ3n) is 3.26. The van der Waals surface area contributed by atoms with E-state index in [2.05, 4.69) is 28.5 Å². The van der Waals surface area contributed by atoms with Gasteiger partial charge in [0, 0.05) is 18.0 Å². The van der Waals surface area contributed by atoms with Crippen molar-refractivity contribution in [2.75, 3.05) is 13.1 Å². The van der Waals surface area contributed by atoms with Crippen molar-refractivity contribution >= 4 is 17.4 Å². The van der Waals surface area contributed by atoms with E-state index in [1.165, 1.54) is 16.7 Å². The molecule has 0 fully saturated rings. The van der Waals surface area contributed by atoms with Gasteiger partial charge in [0.1, 0.15) is 5.84 Å². The van der Waals surface area contributed by atoms with E-state index in [1.54, 1.807) is 0 Å². The summed E-state index contributed by atoms with van der Waals surface area (Å²) in [6, 6.07) is 16.4. The quantitative estimate of drug-likeness (QED) is 0.906. The van der Waals surface area contributed by atoms with Crippen LogP contribution in [0.3, 0.4) is 0 Å². The standard InChI is InChI=1S/C16H15ClN2/c17-14-7-6-13(10-16-18-8-9-19-16)15(11-14)12-4-2-1-3-5-12/h1-7,11H,8-10H2,(H,18,19). The Morgan fingerprint density at radius 2 is 1.95 bits per heavy atom. The maximum absolute atomic E-state index is 6.14. The van der Waals surface area contributed by atoms with Gasteiger partial charge in [0.25, 0.3) is 0 Å². The second-order valence-electron chi connectivity index (χ2n) is 4.60. The van der Waals surface area contributed by atoms with Crippen molar-refractivity contribution in [2.24, 2.45) is 4.99 Å². The smallest absolute Gasteiger partial charge is 0.101 e. The number of halogens is 1. The van der Waals surface area contributed by atoms with E-state index in [9.17, 15) is 0 Å². The molecule has 3 rings (SSSR count).